The fourth-order valence-electron chi connectivity index (χ4n) is 9.22. The van der Waals surface area contributed by atoms with E-state index >= 15 is 0 Å². The van der Waals surface area contributed by atoms with Gasteiger partial charge in [0.2, 0.25) is 11.4 Å². The molecule has 0 spiro atoms. The Balaban J connectivity index is 0.00000131. The van der Waals surface area contributed by atoms with Gasteiger partial charge in [0.1, 0.15) is 0 Å². The Morgan fingerprint density at radius 1 is 0.449 bits per heavy atom. The average Bonchev–Trinajstić information content (AvgIpc) is 3.70. The summed E-state index contributed by atoms with van der Waals surface area (Å²) < 4.78 is 12.0. The molecule has 2 aromatic rings. The van der Waals surface area contributed by atoms with Crippen LogP contribution in [-0.2, 0) is 38.5 Å². The van der Waals surface area contributed by atoms with E-state index in [9.17, 15) is 5.53 Å². The SMILES string of the molecule is CCCCCCCCCCCCCCCCCCCCCCCCC#CCCc1ccccc1C1=C(CCCCCCCC)C=C(c2cccc(CCCC)c2)[N+]1=[N-].CCCC[O][Pd][O]CCCC. The molecule has 0 N–H and O–H groups in total. The third-order valence-electron chi connectivity index (χ3n) is 13.7. The summed E-state index contributed by atoms with van der Waals surface area (Å²) in [5, 5.41) is 0. The third kappa shape index (κ3) is 32.4. The summed E-state index contributed by atoms with van der Waals surface area (Å²) in [4.78, 5) is 0. The topological polar surface area (TPSA) is 43.8 Å². The van der Waals surface area contributed by atoms with E-state index in [1.807, 2.05) is 0 Å². The van der Waals surface area contributed by atoms with Gasteiger partial charge in [0.05, 0.1) is 0 Å². The molecule has 394 valence electrons. The standard InChI is InChI=1S/C56H88N2.2C4H9O.Pd/c1-4-7-10-12-14-15-16-17-18-19-20-21-22-23-24-25-26-27-28-29-30-31-32-33-35-36-43-51-44-38-39-47-54(51)56-53(45-37-34-13-11-8-5-2)49-55(58(56)57)52-46-40-42-50(48-52)41-9-6-3;2*1-2-3-4-5;/h38-40,42,44,46-49H,4-32,34,36-37,41,43,45H2,1-3H3;2*2-4H2,1H3;/q;2*-1;+2. The van der Waals surface area contributed by atoms with Gasteiger partial charge in [-0.05, 0) is 67.9 Å². The van der Waals surface area contributed by atoms with Gasteiger partial charge in [-0.3, -0.25) is 0 Å². The maximum atomic E-state index is 11.8. The first-order chi connectivity index (χ1) is 34.1. The van der Waals surface area contributed by atoms with Crippen LogP contribution in [-0.4, -0.2) is 17.9 Å². The molecule has 1 aliphatic heterocycles. The van der Waals surface area contributed by atoms with Crippen LogP contribution in [0.4, 0.5) is 0 Å². The van der Waals surface area contributed by atoms with Crippen molar-refractivity contribution in [2.24, 2.45) is 0 Å². The summed E-state index contributed by atoms with van der Waals surface area (Å²) in [5.74, 6) is 6.99. The second-order valence-corrected chi connectivity index (χ2v) is 21.2. The first-order valence-corrected chi connectivity index (χ1v) is 30.8. The Kier molecular flexibility index (Phi) is 42.5. The predicted molar refractivity (Wildman–Crippen MR) is 298 cm³/mol. The molecule has 0 saturated heterocycles. The monoisotopic (exact) mass is 1040 g/mol. The van der Waals surface area contributed by atoms with E-state index in [-0.39, 0.29) is 18.7 Å². The summed E-state index contributed by atoms with van der Waals surface area (Å²) in [6.07, 6.45) is 53.2. The molecular formula is C64H106N2O2Pd. The fraction of sp³-hybridized carbons (Fsp3) is 0.719. The Morgan fingerprint density at radius 3 is 1.43 bits per heavy atom. The van der Waals surface area contributed by atoms with E-state index in [0.717, 1.165) is 87.1 Å². The first-order valence-electron chi connectivity index (χ1n) is 29.5. The van der Waals surface area contributed by atoms with Crippen molar-refractivity contribution in [1.82, 2.24) is 0 Å². The van der Waals surface area contributed by atoms with Crippen LogP contribution in [0, 0.1) is 11.8 Å². The van der Waals surface area contributed by atoms with E-state index in [2.05, 4.69) is 101 Å². The molecule has 5 heteroatoms. The van der Waals surface area contributed by atoms with Crippen molar-refractivity contribution < 1.29 is 30.3 Å². The zero-order valence-electron chi connectivity index (χ0n) is 45.7. The summed E-state index contributed by atoms with van der Waals surface area (Å²) in [6.45, 7) is 12.9. The quantitative estimate of drug-likeness (QED) is 0.0287. The predicted octanol–water partition coefficient (Wildman–Crippen LogP) is 21.0. The number of benzene rings is 2. The summed E-state index contributed by atoms with van der Waals surface area (Å²) in [5.41, 5.74) is 19.9. The zero-order chi connectivity index (χ0) is 49.5. The Labute approximate surface area is 437 Å². The van der Waals surface area contributed by atoms with Gasteiger partial charge in [0.25, 0.3) is 0 Å². The van der Waals surface area contributed by atoms with Crippen molar-refractivity contribution in [3.05, 3.63) is 88.0 Å². The van der Waals surface area contributed by atoms with Gasteiger partial charge in [0, 0.05) is 35.6 Å². The van der Waals surface area contributed by atoms with Crippen LogP contribution in [0.15, 0.2) is 60.2 Å². The summed E-state index contributed by atoms with van der Waals surface area (Å²) in [6, 6.07) is 17.5. The van der Waals surface area contributed by atoms with Gasteiger partial charge in [-0.1, -0.05) is 224 Å². The van der Waals surface area contributed by atoms with Gasteiger partial charge in [-0.25, -0.2) is 4.70 Å². The second-order valence-electron chi connectivity index (χ2n) is 20.1. The number of hydrogen-bond donors (Lipinski definition) is 0. The van der Waals surface area contributed by atoms with Crippen molar-refractivity contribution in [2.45, 2.75) is 285 Å². The molecule has 0 unspecified atom stereocenters. The van der Waals surface area contributed by atoms with Gasteiger partial charge in [-0.15, -0.1) is 11.8 Å². The van der Waals surface area contributed by atoms with Crippen LogP contribution in [0.1, 0.15) is 294 Å². The molecular weight excluding hydrogens is 935 g/mol. The zero-order valence-corrected chi connectivity index (χ0v) is 47.3. The molecule has 0 bridgehead atoms. The van der Waals surface area contributed by atoms with E-state index in [0.29, 0.717) is 0 Å². The van der Waals surface area contributed by atoms with Crippen LogP contribution in [0.25, 0.3) is 16.9 Å². The minimum atomic E-state index is 0.0757. The van der Waals surface area contributed by atoms with Crippen molar-refractivity contribution in [1.29, 1.82) is 0 Å². The van der Waals surface area contributed by atoms with E-state index < -0.39 is 0 Å². The number of nitrogens with zero attached hydrogens (tertiary/aromatic N) is 2. The molecule has 0 radical (unpaired) electrons. The van der Waals surface area contributed by atoms with Crippen molar-refractivity contribution in [3.8, 4) is 11.8 Å². The molecule has 2 aromatic carbocycles. The summed E-state index contributed by atoms with van der Waals surface area (Å²) >= 11 is 0.0757. The van der Waals surface area contributed by atoms with Crippen LogP contribution < -0.4 is 0 Å². The van der Waals surface area contributed by atoms with Gasteiger partial charge < -0.3 is 5.53 Å². The number of unbranched alkanes of at least 4 members (excludes halogenated alkanes) is 30. The number of rotatable bonds is 44. The van der Waals surface area contributed by atoms with Crippen molar-refractivity contribution in [3.63, 3.8) is 0 Å². The molecule has 0 aromatic heterocycles. The molecule has 0 fully saturated rings. The minimum absolute atomic E-state index is 0.0757. The second kappa shape index (κ2) is 46.7. The van der Waals surface area contributed by atoms with Crippen LogP contribution >= 0.6 is 0 Å². The third-order valence-corrected chi connectivity index (χ3v) is 14.7. The van der Waals surface area contributed by atoms with Crippen LogP contribution in [0.2, 0.25) is 0 Å². The summed E-state index contributed by atoms with van der Waals surface area (Å²) in [7, 11) is 0. The Bertz CT molecular complexity index is 1640. The Morgan fingerprint density at radius 2 is 0.913 bits per heavy atom. The van der Waals surface area contributed by atoms with E-state index in [1.54, 1.807) is 0 Å². The molecule has 0 aliphatic carbocycles. The van der Waals surface area contributed by atoms with E-state index in [4.69, 9.17) is 6.92 Å². The van der Waals surface area contributed by atoms with Crippen molar-refractivity contribution >= 4 is 11.4 Å². The molecule has 3 rings (SSSR count). The van der Waals surface area contributed by atoms with Gasteiger partial charge >= 0.3 is 78.4 Å². The molecule has 4 nitrogen and oxygen atoms in total. The molecule has 1 aliphatic rings. The number of aryl methyl sites for hydroxylation is 2. The molecule has 69 heavy (non-hydrogen) atoms. The molecule has 1 heterocycles. The fourth-order valence-corrected chi connectivity index (χ4v) is 10.1. The van der Waals surface area contributed by atoms with Crippen molar-refractivity contribution in [2.75, 3.05) is 13.2 Å². The van der Waals surface area contributed by atoms with Gasteiger partial charge in [0.15, 0.2) is 0 Å². The average molecular weight is 1040 g/mol. The molecule has 0 atom stereocenters. The maximum absolute atomic E-state index is 11.8. The van der Waals surface area contributed by atoms with Gasteiger partial charge in [-0.2, -0.15) is 0 Å². The van der Waals surface area contributed by atoms with E-state index in [1.165, 1.54) is 220 Å². The van der Waals surface area contributed by atoms with Crippen LogP contribution in [0.5, 0.6) is 0 Å². The first kappa shape index (κ1) is 62.8. The normalized spacial score (nSPS) is 12.4. The Hall–Kier alpha value is -2.34. The molecule has 0 amide bonds. The number of allylic oxidation sites excluding steroid dienone is 2. The number of hydrogen-bond acceptors (Lipinski definition) is 2. The van der Waals surface area contributed by atoms with Crippen LogP contribution in [0.3, 0.4) is 0 Å². The molecule has 0 saturated carbocycles.